The first-order valence-corrected chi connectivity index (χ1v) is 5.70. The molecule has 0 aromatic carbocycles. The van der Waals surface area contributed by atoms with Crippen molar-refractivity contribution in [1.82, 2.24) is 0 Å². The summed E-state index contributed by atoms with van der Waals surface area (Å²) in [6.45, 7) is 4.68. The molecule has 0 aromatic rings. The lowest BCUT2D eigenvalue weighted by molar-refractivity contribution is -0.138. The minimum atomic E-state index is -0.638. The Kier molecular flexibility index (Phi) is 2.13. The second-order valence-corrected chi connectivity index (χ2v) is 5.65. The van der Waals surface area contributed by atoms with Crippen LogP contribution in [-0.2, 0) is 4.79 Å². The van der Waals surface area contributed by atoms with Gasteiger partial charge in [-0.1, -0.05) is 13.8 Å². The normalized spacial score (nSPS) is 45.7. The summed E-state index contributed by atoms with van der Waals surface area (Å²) in [5.41, 5.74) is 0.749. The minimum absolute atomic E-state index is 0.311. The Morgan fingerprint density at radius 3 is 2.29 bits per heavy atom. The Morgan fingerprint density at radius 1 is 1.36 bits per heavy atom. The molecule has 2 heteroatoms. The van der Waals surface area contributed by atoms with Gasteiger partial charge in [0.15, 0.2) is 0 Å². The van der Waals surface area contributed by atoms with Crippen LogP contribution in [0.2, 0.25) is 0 Å². The zero-order valence-corrected chi connectivity index (χ0v) is 9.18. The van der Waals surface area contributed by atoms with Crippen LogP contribution in [0.5, 0.6) is 0 Å². The van der Waals surface area contributed by atoms with Crippen LogP contribution in [-0.4, -0.2) is 11.1 Å². The Morgan fingerprint density at radius 2 is 1.93 bits per heavy atom. The van der Waals surface area contributed by atoms with Crippen molar-refractivity contribution in [3.63, 3.8) is 0 Å². The van der Waals surface area contributed by atoms with E-state index < -0.39 is 5.97 Å². The van der Waals surface area contributed by atoms with Gasteiger partial charge in [0.25, 0.3) is 0 Å². The summed E-state index contributed by atoms with van der Waals surface area (Å²) in [7, 11) is 0. The van der Waals surface area contributed by atoms with Gasteiger partial charge in [-0.05, 0) is 48.9 Å². The van der Waals surface area contributed by atoms with Gasteiger partial charge in [-0.2, -0.15) is 0 Å². The van der Waals surface area contributed by atoms with Gasteiger partial charge in [-0.25, -0.2) is 0 Å². The highest BCUT2D eigenvalue weighted by atomic mass is 16.4. The fraction of sp³-hybridized carbons (Fsp3) is 0.917. The molecule has 2 bridgehead atoms. The third kappa shape index (κ3) is 1.19. The minimum Gasteiger partial charge on any atom is -0.481 e. The molecule has 0 heterocycles. The molecule has 2 aliphatic rings. The predicted molar refractivity (Wildman–Crippen MR) is 55.0 cm³/mol. The summed E-state index contributed by atoms with van der Waals surface area (Å²) in [6, 6.07) is 0. The summed E-state index contributed by atoms with van der Waals surface area (Å²) >= 11 is 0. The highest BCUT2D eigenvalue weighted by Crippen LogP contribution is 2.67. The van der Waals surface area contributed by atoms with Crippen LogP contribution in [0.4, 0.5) is 0 Å². The quantitative estimate of drug-likeness (QED) is 0.753. The van der Waals surface area contributed by atoms with Crippen LogP contribution in [0, 0.1) is 16.7 Å². The molecule has 2 nitrogen and oxygen atoms in total. The number of hydrogen-bond acceptors (Lipinski definition) is 1. The molecule has 0 spiro atoms. The molecule has 2 fully saturated rings. The van der Waals surface area contributed by atoms with E-state index in [0.29, 0.717) is 17.3 Å². The Balaban J connectivity index is 2.11. The van der Waals surface area contributed by atoms with Crippen LogP contribution in [0.15, 0.2) is 0 Å². The number of carboxylic acid groups (broad SMARTS) is 1. The molecule has 0 aliphatic heterocycles. The van der Waals surface area contributed by atoms with Gasteiger partial charge in [0, 0.05) is 6.42 Å². The standard InChI is InChI=1S/C12H20O2/c1-11-6-3-9(4-7-11)12(11,2)8-5-10(13)14/h9H,3-8H2,1-2H3,(H,13,14). The molecule has 0 aromatic heterocycles. The summed E-state index contributed by atoms with van der Waals surface area (Å²) in [4.78, 5) is 10.6. The van der Waals surface area contributed by atoms with E-state index in [-0.39, 0.29) is 0 Å². The Bertz CT molecular complexity index is 251. The van der Waals surface area contributed by atoms with Gasteiger partial charge in [0.2, 0.25) is 0 Å². The van der Waals surface area contributed by atoms with E-state index in [0.717, 1.165) is 12.3 Å². The average Bonchev–Trinajstić information content (AvgIpc) is 2.51. The van der Waals surface area contributed by atoms with Crippen LogP contribution in [0.1, 0.15) is 52.4 Å². The Labute approximate surface area is 85.7 Å². The third-order valence-electron chi connectivity index (χ3n) is 5.23. The van der Waals surface area contributed by atoms with Crippen LogP contribution >= 0.6 is 0 Å². The van der Waals surface area contributed by atoms with E-state index in [1.165, 1.54) is 25.7 Å². The topological polar surface area (TPSA) is 37.3 Å². The first-order valence-electron chi connectivity index (χ1n) is 5.70. The number of rotatable bonds is 3. The molecule has 1 atom stereocenters. The van der Waals surface area contributed by atoms with Crippen LogP contribution < -0.4 is 0 Å². The maximum absolute atomic E-state index is 10.6. The van der Waals surface area contributed by atoms with Gasteiger partial charge in [-0.15, -0.1) is 0 Å². The molecular formula is C12H20O2. The van der Waals surface area contributed by atoms with E-state index in [1.807, 2.05) is 0 Å². The number of carboxylic acids is 1. The molecule has 1 unspecified atom stereocenters. The van der Waals surface area contributed by atoms with E-state index in [9.17, 15) is 4.79 Å². The molecule has 80 valence electrons. The molecule has 2 aliphatic carbocycles. The van der Waals surface area contributed by atoms with Crippen LogP contribution in [0.25, 0.3) is 0 Å². The molecule has 2 rings (SSSR count). The third-order valence-corrected chi connectivity index (χ3v) is 5.23. The molecule has 0 radical (unpaired) electrons. The van der Waals surface area contributed by atoms with Crippen molar-refractivity contribution >= 4 is 5.97 Å². The van der Waals surface area contributed by atoms with Crippen molar-refractivity contribution in [2.45, 2.75) is 52.4 Å². The van der Waals surface area contributed by atoms with Gasteiger partial charge < -0.3 is 5.11 Å². The second-order valence-electron chi connectivity index (χ2n) is 5.65. The zero-order valence-electron chi connectivity index (χ0n) is 9.18. The van der Waals surface area contributed by atoms with Gasteiger partial charge in [0.05, 0.1) is 0 Å². The van der Waals surface area contributed by atoms with Crippen molar-refractivity contribution in [3.8, 4) is 0 Å². The van der Waals surface area contributed by atoms with Crippen molar-refractivity contribution in [3.05, 3.63) is 0 Å². The summed E-state index contributed by atoms with van der Waals surface area (Å²) in [5.74, 6) is 0.160. The van der Waals surface area contributed by atoms with Crippen molar-refractivity contribution in [2.75, 3.05) is 0 Å². The molecule has 0 amide bonds. The largest absolute Gasteiger partial charge is 0.481 e. The molecular weight excluding hydrogens is 176 g/mol. The smallest absolute Gasteiger partial charge is 0.303 e. The van der Waals surface area contributed by atoms with E-state index in [1.54, 1.807) is 0 Å². The van der Waals surface area contributed by atoms with Crippen molar-refractivity contribution in [2.24, 2.45) is 16.7 Å². The summed E-state index contributed by atoms with van der Waals surface area (Å²) < 4.78 is 0. The number of aliphatic carboxylic acids is 1. The first kappa shape index (κ1) is 10.0. The fourth-order valence-corrected chi connectivity index (χ4v) is 3.83. The Hall–Kier alpha value is -0.530. The summed E-state index contributed by atoms with van der Waals surface area (Å²) in [6.07, 6.45) is 6.51. The molecule has 2 saturated carbocycles. The number of carbonyl (C=O) groups is 1. The van der Waals surface area contributed by atoms with E-state index >= 15 is 0 Å². The van der Waals surface area contributed by atoms with E-state index in [2.05, 4.69) is 13.8 Å². The zero-order chi connectivity index (χ0) is 10.4. The summed E-state index contributed by atoms with van der Waals surface area (Å²) in [5, 5.41) is 8.77. The van der Waals surface area contributed by atoms with Gasteiger partial charge in [-0.3, -0.25) is 4.79 Å². The lowest BCUT2D eigenvalue weighted by Gasteiger charge is -2.38. The highest BCUT2D eigenvalue weighted by molar-refractivity contribution is 5.66. The first-order chi connectivity index (χ1) is 6.48. The predicted octanol–water partition coefficient (Wildman–Crippen LogP) is 3.07. The molecule has 0 saturated heterocycles. The molecule has 14 heavy (non-hydrogen) atoms. The highest BCUT2D eigenvalue weighted by Gasteiger charge is 2.58. The van der Waals surface area contributed by atoms with Crippen molar-refractivity contribution in [1.29, 1.82) is 0 Å². The number of fused-ring (bicyclic) bond motifs is 2. The van der Waals surface area contributed by atoms with Crippen molar-refractivity contribution < 1.29 is 9.90 Å². The lowest BCUT2D eigenvalue weighted by Crippen LogP contribution is -2.31. The van der Waals surface area contributed by atoms with Crippen LogP contribution in [0.3, 0.4) is 0 Å². The van der Waals surface area contributed by atoms with E-state index in [4.69, 9.17) is 5.11 Å². The monoisotopic (exact) mass is 196 g/mol. The SMILES string of the molecule is CC12CCC(CC1)C2(C)CCC(=O)O. The maximum Gasteiger partial charge on any atom is 0.303 e. The average molecular weight is 196 g/mol. The van der Waals surface area contributed by atoms with Gasteiger partial charge in [0.1, 0.15) is 0 Å². The second kappa shape index (κ2) is 2.98. The van der Waals surface area contributed by atoms with Gasteiger partial charge >= 0.3 is 5.97 Å². The maximum atomic E-state index is 10.6. The fourth-order valence-electron chi connectivity index (χ4n) is 3.83. The number of hydrogen-bond donors (Lipinski definition) is 1. The molecule has 1 N–H and O–H groups in total. The lowest BCUT2D eigenvalue weighted by atomic mass is 9.67.